The summed E-state index contributed by atoms with van der Waals surface area (Å²) in [5.74, 6) is 0.242. The number of aromatic nitrogens is 1. The second-order valence-corrected chi connectivity index (χ2v) is 3.90. The highest BCUT2D eigenvalue weighted by Gasteiger charge is 2.28. The van der Waals surface area contributed by atoms with Crippen molar-refractivity contribution >= 4 is 21.6 Å². The van der Waals surface area contributed by atoms with E-state index in [9.17, 15) is 10.1 Å². The van der Waals surface area contributed by atoms with Crippen LogP contribution in [-0.2, 0) is 0 Å². The zero-order valence-corrected chi connectivity index (χ0v) is 8.73. The van der Waals surface area contributed by atoms with E-state index in [1.54, 1.807) is 0 Å². The van der Waals surface area contributed by atoms with Crippen molar-refractivity contribution in [1.82, 2.24) is 4.98 Å². The summed E-state index contributed by atoms with van der Waals surface area (Å²) in [4.78, 5) is 14.1. The Morgan fingerprint density at radius 2 is 2.29 bits per heavy atom. The molecule has 1 aromatic heterocycles. The van der Waals surface area contributed by atoms with Gasteiger partial charge >= 0.3 is 5.69 Å². The van der Waals surface area contributed by atoms with Gasteiger partial charge in [-0.25, -0.2) is 0 Å². The SMILES string of the molecule is O=[N+]([O-])c1c(Br)cncc1OC1CC1. The van der Waals surface area contributed by atoms with Crippen LogP contribution in [0.5, 0.6) is 5.75 Å². The third kappa shape index (κ3) is 1.84. The Morgan fingerprint density at radius 3 is 2.86 bits per heavy atom. The van der Waals surface area contributed by atoms with E-state index in [0.717, 1.165) is 12.8 Å². The Balaban J connectivity index is 2.35. The fourth-order valence-electron chi connectivity index (χ4n) is 1.04. The van der Waals surface area contributed by atoms with Crippen molar-refractivity contribution in [2.24, 2.45) is 0 Å². The van der Waals surface area contributed by atoms with Gasteiger partial charge in [-0.05, 0) is 28.8 Å². The van der Waals surface area contributed by atoms with Crippen LogP contribution in [0, 0.1) is 10.1 Å². The number of nitro groups is 1. The van der Waals surface area contributed by atoms with E-state index >= 15 is 0 Å². The highest BCUT2D eigenvalue weighted by atomic mass is 79.9. The lowest BCUT2D eigenvalue weighted by molar-refractivity contribution is -0.386. The average Bonchev–Trinajstić information content (AvgIpc) is 2.87. The van der Waals surface area contributed by atoms with Crippen molar-refractivity contribution in [3.63, 3.8) is 0 Å². The van der Waals surface area contributed by atoms with Gasteiger partial charge in [0.25, 0.3) is 0 Å². The zero-order valence-electron chi connectivity index (χ0n) is 7.14. The Hall–Kier alpha value is -1.17. The molecule has 0 spiro atoms. The van der Waals surface area contributed by atoms with E-state index in [2.05, 4.69) is 20.9 Å². The van der Waals surface area contributed by atoms with Crippen LogP contribution in [-0.4, -0.2) is 16.0 Å². The first-order chi connectivity index (χ1) is 6.68. The van der Waals surface area contributed by atoms with Gasteiger partial charge in [0.1, 0.15) is 4.47 Å². The number of hydrogen-bond donors (Lipinski definition) is 0. The molecule has 1 fully saturated rings. The fourth-order valence-corrected chi connectivity index (χ4v) is 1.50. The molecule has 0 aliphatic heterocycles. The largest absolute Gasteiger partial charge is 0.482 e. The quantitative estimate of drug-likeness (QED) is 0.617. The van der Waals surface area contributed by atoms with Gasteiger partial charge in [-0.15, -0.1) is 0 Å². The van der Waals surface area contributed by atoms with Gasteiger partial charge in [0.15, 0.2) is 0 Å². The van der Waals surface area contributed by atoms with Gasteiger partial charge in [0.2, 0.25) is 5.75 Å². The van der Waals surface area contributed by atoms with Crippen molar-refractivity contribution in [2.45, 2.75) is 18.9 Å². The molecule has 0 aromatic carbocycles. The molecular weight excluding hydrogens is 252 g/mol. The molecule has 0 N–H and O–H groups in total. The Morgan fingerprint density at radius 1 is 1.57 bits per heavy atom. The van der Waals surface area contributed by atoms with Crippen LogP contribution in [0.1, 0.15) is 12.8 Å². The summed E-state index contributed by atoms with van der Waals surface area (Å²) in [5, 5.41) is 10.7. The van der Waals surface area contributed by atoms with Crippen LogP contribution in [0.25, 0.3) is 0 Å². The molecule has 6 heteroatoms. The smallest absolute Gasteiger partial charge is 0.328 e. The van der Waals surface area contributed by atoms with Crippen molar-refractivity contribution in [1.29, 1.82) is 0 Å². The molecule has 0 amide bonds. The molecule has 1 saturated carbocycles. The molecule has 1 heterocycles. The van der Waals surface area contributed by atoms with Gasteiger partial charge in [-0.1, -0.05) is 0 Å². The number of halogens is 1. The summed E-state index contributed by atoms with van der Waals surface area (Å²) in [6, 6.07) is 0. The van der Waals surface area contributed by atoms with Crippen LogP contribution in [0.3, 0.4) is 0 Å². The molecule has 0 radical (unpaired) electrons. The molecule has 14 heavy (non-hydrogen) atoms. The maximum Gasteiger partial charge on any atom is 0.328 e. The number of rotatable bonds is 3. The third-order valence-corrected chi connectivity index (χ3v) is 2.42. The van der Waals surface area contributed by atoms with E-state index in [4.69, 9.17) is 4.74 Å². The summed E-state index contributed by atoms with van der Waals surface area (Å²) in [6.45, 7) is 0. The monoisotopic (exact) mass is 258 g/mol. The predicted molar refractivity (Wildman–Crippen MR) is 52.2 cm³/mol. The van der Waals surface area contributed by atoms with Gasteiger partial charge < -0.3 is 4.74 Å². The van der Waals surface area contributed by atoms with Crippen LogP contribution >= 0.6 is 15.9 Å². The lowest BCUT2D eigenvalue weighted by atomic mass is 10.4. The van der Waals surface area contributed by atoms with Gasteiger partial charge in [0.05, 0.1) is 17.2 Å². The van der Waals surface area contributed by atoms with Crippen molar-refractivity contribution in [3.8, 4) is 5.75 Å². The first-order valence-electron chi connectivity index (χ1n) is 4.13. The number of hydrogen-bond acceptors (Lipinski definition) is 4. The summed E-state index contributed by atoms with van der Waals surface area (Å²) in [5.41, 5.74) is -0.0492. The highest BCUT2D eigenvalue weighted by molar-refractivity contribution is 9.10. The lowest BCUT2D eigenvalue weighted by Crippen LogP contribution is -2.01. The molecular formula is C8H7BrN2O3. The van der Waals surface area contributed by atoms with Crippen molar-refractivity contribution in [3.05, 3.63) is 27.0 Å². The van der Waals surface area contributed by atoms with E-state index in [0.29, 0.717) is 4.47 Å². The van der Waals surface area contributed by atoms with Crippen LogP contribution in [0.2, 0.25) is 0 Å². The molecule has 0 atom stereocenters. The molecule has 1 aliphatic rings. The molecule has 0 saturated heterocycles. The van der Waals surface area contributed by atoms with Crippen LogP contribution < -0.4 is 4.74 Å². The topological polar surface area (TPSA) is 65.3 Å². The molecule has 0 bridgehead atoms. The Kier molecular flexibility index (Phi) is 2.37. The second kappa shape index (κ2) is 3.53. The summed E-state index contributed by atoms with van der Waals surface area (Å²) in [7, 11) is 0. The van der Waals surface area contributed by atoms with Crippen LogP contribution in [0.15, 0.2) is 16.9 Å². The minimum atomic E-state index is -0.469. The van der Waals surface area contributed by atoms with Gasteiger partial charge in [-0.3, -0.25) is 15.1 Å². The lowest BCUT2D eigenvalue weighted by Gasteiger charge is -2.04. The minimum Gasteiger partial charge on any atom is -0.482 e. The Bertz CT molecular complexity index is 379. The first kappa shape index (κ1) is 9.39. The summed E-state index contributed by atoms with van der Waals surface area (Å²) < 4.78 is 5.71. The van der Waals surface area contributed by atoms with Gasteiger partial charge in [-0.2, -0.15) is 0 Å². The maximum atomic E-state index is 10.7. The van der Waals surface area contributed by atoms with E-state index in [-0.39, 0.29) is 17.5 Å². The van der Waals surface area contributed by atoms with E-state index in [1.807, 2.05) is 0 Å². The third-order valence-electron chi connectivity index (χ3n) is 1.84. The minimum absolute atomic E-state index is 0.0492. The fraction of sp³-hybridized carbons (Fsp3) is 0.375. The average molecular weight is 259 g/mol. The first-order valence-corrected chi connectivity index (χ1v) is 4.92. The molecule has 1 aromatic rings. The van der Waals surface area contributed by atoms with Crippen molar-refractivity contribution < 1.29 is 9.66 Å². The Labute approximate surface area is 88.4 Å². The molecule has 5 nitrogen and oxygen atoms in total. The predicted octanol–water partition coefficient (Wildman–Crippen LogP) is 2.29. The summed E-state index contributed by atoms with van der Waals surface area (Å²) in [6.07, 6.45) is 4.82. The number of ether oxygens (including phenoxy) is 1. The molecule has 74 valence electrons. The molecule has 0 unspecified atom stereocenters. The maximum absolute atomic E-state index is 10.7. The normalized spacial score (nSPS) is 15.2. The van der Waals surface area contributed by atoms with Crippen molar-refractivity contribution in [2.75, 3.05) is 0 Å². The van der Waals surface area contributed by atoms with E-state index < -0.39 is 4.92 Å². The number of nitrogens with zero attached hydrogens (tertiary/aromatic N) is 2. The standard InChI is InChI=1S/C8H7BrN2O3/c9-6-3-10-4-7(8(6)11(12)13)14-5-1-2-5/h3-5H,1-2H2. The zero-order chi connectivity index (χ0) is 10.1. The molecule has 2 rings (SSSR count). The second-order valence-electron chi connectivity index (χ2n) is 3.04. The number of pyridine rings is 1. The highest BCUT2D eigenvalue weighted by Crippen LogP contribution is 2.37. The van der Waals surface area contributed by atoms with Gasteiger partial charge in [0, 0.05) is 6.20 Å². The van der Waals surface area contributed by atoms with Crippen LogP contribution in [0.4, 0.5) is 5.69 Å². The summed E-state index contributed by atoms with van der Waals surface area (Å²) >= 11 is 3.07. The van der Waals surface area contributed by atoms with E-state index in [1.165, 1.54) is 12.4 Å². The molecule has 1 aliphatic carbocycles.